The molecule has 4 rings (SSSR count). The Bertz CT molecular complexity index is 1150. The number of hydrogen-bond acceptors (Lipinski definition) is 4. The molecule has 0 spiro atoms. The van der Waals surface area contributed by atoms with E-state index < -0.39 is 0 Å². The van der Waals surface area contributed by atoms with Gasteiger partial charge in [-0.2, -0.15) is 0 Å². The van der Waals surface area contributed by atoms with Crippen molar-refractivity contribution in [2.45, 2.75) is 32.6 Å². The Morgan fingerprint density at radius 2 is 1.56 bits per heavy atom. The van der Waals surface area contributed by atoms with Crippen molar-refractivity contribution in [2.75, 3.05) is 10.6 Å². The number of pyridine rings is 1. The summed E-state index contributed by atoms with van der Waals surface area (Å²) in [6.45, 7) is 1.50. The second kappa shape index (κ2) is 9.56. The maximum atomic E-state index is 12.7. The number of nitrogens with zero attached hydrogens (tertiary/aromatic N) is 1. The zero-order valence-electron chi connectivity index (χ0n) is 17.9. The second-order valence-corrected chi connectivity index (χ2v) is 8.10. The average molecular weight is 428 g/mol. The van der Waals surface area contributed by atoms with E-state index in [1.165, 1.54) is 13.1 Å². The van der Waals surface area contributed by atoms with E-state index in [0.29, 0.717) is 16.8 Å². The zero-order valence-corrected chi connectivity index (χ0v) is 17.9. The summed E-state index contributed by atoms with van der Waals surface area (Å²) in [5, 5.41) is 5.84. The lowest BCUT2D eigenvalue weighted by Crippen LogP contribution is -2.20. The van der Waals surface area contributed by atoms with Crippen LogP contribution in [0.3, 0.4) is 0 Å². The molecular formula is C26H25N3O3. The molecule has 32 heavy (non-hydrogen) atoms. The summed E-state index contributed by atoms with van der Waals surface area (Å²) in [6, 6.07) is 16.1. The van der Waals surface area contributed by atoms with Crippen LogP contribution in [0.1, 0.15) is 53.3 Å². The number of nitrogens with one attached hydrogen (secondary N) is 2. The topological polar surface area (TPSA) is 88.2 Å². The molecule has 6 heteroatoms. The van der Waals surface area contributed by atoms with Gasteiger partial charge >= 0.3 is 0 Å². The predicted molar refractivity (Wildman–Crippen MR) is 125 cm³/mol. The van der Waals surface area contributed by atoms with Crippen LogP contribution in [-0.4, -0.2) is 22.6 Å². The lowest BCUT2D eigenvalue weighted by atomic mass is 10.0. The first-order valence-electron chi connectivity index (χ1n) is 10.8. The quantitative estimate of drug-likeness (QED) is 0.520. The number of benzene rings is 2. The van der Waals surface area contributed by atoms with Crippen LogP contribution in [0.2, 0.25) is 0 Å². The minimum atomic E-state index is -0.291. The van der Waals surface area contributed by atoms with E-state index in [1.807, 2.05) is 24.3 Å². The summed E-state index contributed by atoms with van der Waals surface area (Å²) < 4.78 is 0. The molecule has 2 amide bonds. The number of hydrogen-bond donors (Lipinski definition) is 2. The highest BCUT2D eigenvalue weighted by Gasteiger charge is 2.22. The molecular weight excluding hydrogens is 402 g/mol. The standard InChI is InChI=1S/C26H25N3O3/c1-17(30)18-9-11-23(12-10-18)28-26(32)22-13-21(15-27-16-22)20-7-4-8-24(14-20)29-25(31)19-5-2-3-6-19/h4,7-16,19H,2-3,5-6H2,1H3,(H,28,32)(H,29,31). The van der Waals surface area contributed by atoms with Crippen LogP contribution in [0.15, 0.2) is 67.0 Å². The predicted octanol–water partition coefficient (Wildman–Crippen LogP) is 5.33. The maximum absolute atomic E-state index is 12.7. The molecule has 162 valence electrons. The minimum Gasteiger partial charge on any atom is -0.326 e. The molecule has 0 saturated heterocycles. The molecule has 6 nitrogen and oxygen atoms in total. The van der Waals surface area contributed by atoms with Gasteiger partial charge in [0.15, 0.2) is 5.78 Å². The van der Waals surface area contributed by atoms with E-state index in [2.05, 4.69) is 15.6 Å². The maximum Gasteiger partial charge on any atom is 0.257 e. The number of carbonyl (C=O) groups excluding carboxylic acids is 3. The van der Waals surface area contributed by atoms with Gasteiger partial charge in [-0.15, -0.1) is 0 Å². The molecule has 2 N–H and O–H groups in total. The smallest absolute Gasteiger partial charge is 0.257 e. The summed E-state index contributed by atoms with van der Waals surface area (Å²) in [7, 11) is 0. The van der Waals surface area contributed by atoms with Crippen molar-refractivity contribution in [3.63, 3.8) is 0 Å². The summed E-state index contributed by atoms with van der Waals surface area (Å²) in [6.07, 6.45) is 7.32. The van der Waals surface area contributed by atoms with E-state index in [-0.39, 0.29) is 23.5 Å². The highest BCUT2D eigenvalue weighted by atomic mass is 16.2. The van der Waals surface area contributed by atoms with Crippen LogP contribution in [-0.2, 0) is 4.79 Å². The number of anilines is 2. The molecule has 0 radical (unpaired) electrons. The van der Waals surface area contributed by atoms with E-state index in [9.17, 15) is 14.4 Å². The fraction of sp³-hybridized carbons (Fsp3) is 0.231. The largest absolute Gasteiger partial charge is 0.326 e. The first-order valence-corrected chi connectivity index (χ1v) is 10.8. The van der Waals surface area contributed by atoms with Gasteiger partial charge in [0.1, 0.15) is 0 Å². The van der Waals surface area contributed by atoms with Crippen molar-refractivity contribution < 1.29 is 14.4 Å². The highest BCUT2D eigenvalue weighted by Crippen LogP contribution is 2.27. The third-order valence-corrected chi connectivity index (χ3v) is 5.74. The van der Waals surface area contributed by atoms with E-state index in [1.54, 1.807) is 36.5 Å². The molecule has 1 saturated carbocycles. The first kappa shape index (κ1) is 21.4. The summed E-state index contributed by atoms with van der Waals surface area (Å²) >= 11 is 0. The second-order valence-electron chi connectivity index (χ2n) is 8.10. The fourth-order valence-corrected chi connectivity index (χ4v) is 3.92. The van der Waals surface area contributed by atoms with Crippen LogP contribution in [0.25, 0.3) is 11.1 Å². The molecule has 1 aliphatic carbocycles. The average Bonchev–Trinajstić information content (AvgIpc) is 3.35. The van der Waals surface area contributed by atoms with Crippen LogP contribution < -0.4 is 10.6 Å². The lowest BCUT2D eigenvalue weighted by molar-refractivity contribution is -0.119. The Labute approximate surface area is 187 Å². The molecule has 1 aromatic heterocycles. The van der Waals surface area contributed by atoms with Crippen LogP contribution in [0.4, 0.5) is 11.4 Å². The number of rotatable bonds is 6. The van der Waals surface area contributed by atoms with Crippen molar-refractivity contribution in [3.8, 4) is 11.1 Å². The Hall–Kier alpha value is -3.80. The molecule has 2 aromatic carbocycles. The molecule has 1 aliphatic rings. The van der Waals surface area contributed by atoms with Crippen molar-refractivity contribution in [1.82, 2.24) is 4.98 Å². The van der Waals surface area contributed by atoms with Crippen molar-refractivity contribution in [1.29, 1.82) is 0 Å². The first-order chi connectivity index (χ1) is 15.5. The van der Waals surface area contributed by atoms with Crippen LogP contribution >= 0.6 is 0 Å². The third-order valence-electron chi connectivity index (χ3n) is 5.74. The highest BCUT2D eigenvalue weighted by molar-refractivity contribution is 6.05. The number of aromatic nitrogens is 1. The van der Waals surface area contributed by atoms with Gasteiger partial charge in [0.25, 0.3) is 5.91 Å². The van der Waals surface area contributed by atoms with Crippen molar-refractivity contribution >= 4 is 29.0 Å². The normalized spacial score (nSPS) is 13.5. The zero-order chi connectivity index (χ0) is 22.5. The van der Waals surface area contributed by atoms with Gasteiger partial charge in [-0.05, 0) is 67.8 Å². The Kier molecular flexibility index (Phi) is 6.40. The van der Waals surface area contributed by atoms with E-state index >= 15 is 0 Å². The molecule has 3 aromatic rings. The Balaban J connectivity index is 1.48. The van der Waals surface area contributed by atoms with E-state index in [4.69, 9.17) is 0 Å². The van der Waals surface area contributed by atoms with Gasteiger partial charge in [-0.3, -0.25) is 19.4 Å². The fourth-order valence-electron chi connectivity index (χ4n) is 3.92. The van der Waals surface area contributed by atoms with E-state index in [0.717, 1.165) is 42.5 Å². The molecule has 1 fully saturated rings. The van der Waals surface area contributed by atoms with Crippen LogP contribution in [0, 0.1) is 5.92 Å². The summed E-state index contributed by atoms with van der Waals surface area (Å²) in [4.78, 5) is 40.8. The summed E-state index contributed by atoms with van der Waals surface area (Å²) in [5.41, 5.74) is 3.98. The molecule has 0 aliphatic heterocycles. The molecule has 0 bridgehead atoms. The number of Topliss-reactive ketones (excluding diaryl/α,β-unsaturated/α-hetero) is 1. The molecule has 0 unspecified atom stereocenters. The van der Waals surface area contributed by atoms with Gasteiger partial charge in [-0.25, -0.2) is 0 Å². The Morgan fingerprint density at radius 3 is 2.28 bits per heavy atom. The SMILES string of the molecule is CC(=O)c1ccc(NC(=O)c2cncc(-c3cccc(NC(=O)C4CCCC4)c3)c2)cc1. The van der Waals surface area contributed by atoms with Crippen LogP contribution in [0.5, 0.6) is 0 Å². The van der Waals surface area contributed by atoms with Gasteiger partial charge in [0, 0.05) is 40.8 Å². The van der Waals surface area contributed by atoms with Gasteiger partial charge < -0.3 is 10.6 Å². The minimum absolute atomic E-state index is 0.0264. The third kappa shape index (κ3) is 5.09. The van der Waals surface area contributed by atoms with Crippen molar-refractivity contribution in [3.05, 3.63) is 78.1 Å². The molecule has 0 atom stereocenters. The number of ketones is 1. The van der Waals surface area contributed by atoms with Gasteiger partial charge in [0.2, 0.25) is 5.91 Å². The summed E-state index contributed by atoms with van der Waals surface area (Å²) in [5.74, 6) is -0.152. The lowest BCUT2D eigenvalue weighted by Gasteiger charge is -2.12. The van der Waals surface area contributed by atoms with Gasteiger partial charge in [-0.1, -0.05) is 25.0 Å². The number of carbonyl (C=O) groups is 3. The number of amides is 2. The van der Waals surface area contributed by atoms with Gasteiger partial charge in [0.05, 0.1) is 5.56 Å². The Morgan fingerprint density at radius 1 is 0.812 bits per heavy atom. The van der Waals surface area contributed by atoms with Crippen molar-refractivity contribution in [2.24, 2.45) is 5.92 Å². The monoisotopic (exact) mass is 427 g/mol. The molecule has 1 heterocycles.